The molecule has 0 unspecified atom stereocenters. The van der Waals surface area contributed by atoms with Gasteiger partial charge >= 0.3 is 0 Å². The lowest BCUT2D eigenvalue weighted by Gasteiger charge is -2.28. The summed E-state index contributed by atoms with van der Waals surface area (Å²) >= 11 is 0. The third-order valence-electron chi connectivity index (χ3n) is 6.69. The highest BCUT2D eigenvalue weighted by molar-refractivity contribution is 6.06. The van der Waals surface area contributed by atoms with Crippen molar-refractivity contribution < 1.29 is 14.2 Å². The van der Waals surface area contributed by atoms with Gasteiger partial charge in [0.15, 0.2) is 0 Å². The molecule has 0 aliphatic heterocycles. The number of hydrogen-bond donors (Lipinski definition) is 0. The second kappa shape index (κ2) is 11.1. The van der Waals surface area contributed by atoms with E-state index in [2.05, 4.69) is 64.1 Å². The first-order valence-electron chi connectivity index (χ1n) is 12.5. The first kappa shape index (κ1) is 25.0. The Kier molecular flexibility index (Phi) is 7.92. The highest BCUT2D eigenvalue weighted by Crippen LogP contribution is 2.39. The molecule has 4 rings (SSSR count). The second-order valence-electron chi connectivity index (χ2n) is 9.66. The van der Waals surface area contributed by atoms with E-state index in [1.165, 1.54) is 16.7 Å². The molecule has 3 aromatic rings. The smallest absolute Gasteiger partial charge is 0.147 e. The summed E-state index contributed by atoms with van der Waals surface area (Å²) in [4.78, 5) is 5.20. The predicted octanol–water partition coefficient (Wildman–Crippen LogP) is 7.66. The Hall–Kier alpha value is -3.11. The molecule has 184 valence electrons. The van der Waals surface area contributed by atoms with Crippen LogP contribution in [0.1, 0.15) is 72.1 Å². The van der Waals surface area contributed by atoms with Gasteiger partial charge < -0.3 is 14.2 Å². The summed E-state index contributed by atoms with van der Waals surface area (Å²) in [7, 11) is 3.44. The summed E-state index contributed by atoms with van der Waals surface area (Å²) in [5.74, 6) is 2.14. The molecule has 0 fully saturated rings. The fourth-order valence-electron chi connectivity index (χ4n) is 5.19. The van der Waals surface area contributed by atoms with Crippen molar-refractivity contribution in [2.45, 2.75) is 59.0 Å². The largest absolute Gasteiger partial charge is 0.496 e. The maximum Gasteiger partial charge on any atom is 0.147 e. The second-order valence-corrected chi connectivity index (χ2v) is 9.66. The number of ether oxygens (including phenoxy) is 3. The van der Waals surface area contributed by atoms with E-state index in [0.717, 1.165) is 58.9 Å². The van der Waals surface area contributed by atoms with Crippen molar-refractivity contribution in [1.82, 2.24) is 0 Å². The van der Waals surface area contributed by atoms with Gasteiger partial charge in [0.05, 0.1) is 19.4 Å². The molecule has 35 heavy (non-hydrogen) atoms. The quantitative estimate of drug-likeness (QED) is 0.339. The maximum absolute atomic E-state index is 6.67. The zero-order valence-corrected chi connectivity index (χ0v) is 21.9. The fourth-order valence-corrected chi connectivity index (χ4v) is 5.19. The van der Waals surface area contributed by atoms with Gasteiger partial charge in [0, 0.05) is 23.9 Å². The van der Waals surface area contributed by atoms with Crippen molar-refractivity contribution >= 4 is 11.4 Å². The average molecular weight is 472 g/mol. The minimum absolute atomic E-state index is 0.174. The Labute approximate surface area is 210 Å². The van der Waals surface area contributed by atoms with Crippen LogP contribution in [-0.4, -0.2) is 26.5 Å². The number of nitrogens with zero attached hydrogens (tertiary/aromatic N) is 1. The van der Waals surface area contributed by atoms with E-state index in [1.807, 2.05) is 18.2 Å². The standard InChI is InChI=1S/C31H37NO3/c1-20(2)29-27(35-28(19-33-5)23-11-8-7-9-12-23)16-15-24-13-10-14-26(30(24)29)32-25-17-21(3)31(34-6)22(4)18-25/h7-9,11-12,15-18,20,28H,10,13-14,19H2,1-6H3/t28-/m0/s1. The van der Waals surface area contributed by atoms with Crippen LogP contribution >= 0.6 is 0 Å². The van der Waals surface area contributed by atoms with E-state index in [0.29, 0.717) is 12.5 Å². The molecule has 1 atom stereocenters. The van der Waals surface area contributed by atoms with Crippen LogP contribution in [0.25, 0.3) is 0 Å². The number of benzene rings is 3. The van der Waals surface area contributed by atoms with Crippen LogP contribution in [0, 0.1) is 13.8 Å². The summed E-state index contributed by atoms with van der Waals surface area (Å²) in [6.07, 6.45) is 2.96. The van der Waals surface area contributed by atoms with Crippen molar-refractivity contribution in [2.24, 2.45) is 4.99 Å². The molecule has 1 aliphatic carbocycles. The Morgan fingerprint density at radius 1 is 0.914 bits per heavy atom. The minimum Gasteiger partial charge on any atom is -0.496 e. The van der Waals surface area contributed by atoms with E-state index < -0.39 is 0 Å². The molecule has 0 amide bonds. The van der Waals surface area contributed by atoms with Crippen molar-refractivity contribution in [3.63, 3.8) is 0 Å². The van der Waals surface area contributed by atoms with Gasteiger partial charge in [-0.3, -0.25) is 4.99 Å². The molecule has 0 spiro atoms. The number of aryl methyl sites for hydroxylation is 3. The number of methoxy groups -OCH3 is 2. The van der Waals surface area contributed by atoms with Crippen molar-refractivity contribution in [3.8, 4) is 11.5 Å². The number of rotatable bonds is 8. The van der Waals surface area contributed by atoms with E-state index in [-0.39, 0.29) is 6.10 Å². The Morgan fingerprint density at radius 3 is 2.26 bits per heavy atom. The molecule has 0 saturated carbocycles. The summed E-state index contributed by atoms with van der Waals surface area (Å²) in [5.41, 5.74) is 9.30. The lowest BCUT2D eigenvalue weighted by Crippen LogP contribution is -2.19. The van der Waals surface area contributed by atoms with E-state index in [1.54, 1.807) is 14.2 Å². The average Bonchev–Trinajstić information content (AvgIpc) is 2.84. The Bertz CT molecular complexity index is 1170. The van der Waals surface area contributed by atoms with Crippen LogP contribution < -0.4 is 9.47 Å². The lowest BCUT2D eigenvalue weighted by molar-refractivity contribution is 0.0801. The predicted molar refractivity (Wildman–Crippen MR) is 144 cm³/mol. The summed E-state index contributed by atoms with van der Waals surface area (Å²) < 4.78 is 17.8. The first-order chi connectivity index (χ1) is 16.9. The van der Waals surface area contributed by atoms with Gasteiger partial charge in [-0.25, -0.2) is 0 Å². The van der Waals surface area contributed by atoms with Gasteiger partial charge in [0.2, 0.25) is 0 Å². The van der Waals surface area contributed by atoms with Crippen LogP contribution in [0.3, 0.4) is 0 Å². The number of hydrogen-bond acceptors (Lipinski definition) is 4. The Balaban J connectivity index is 1.80. The summed E-state index contributed by atoms with van der Waals surface area (Å²) in [5, 5.41) is 0. The normalized spacial score (nSPS) is 15.2. The highest BCUT2D eigenvalue weighted by atomic mass is 16.5. The van der Waals surface area contributed by atoms with Crippen LogP contribution in [0.15, 0.2) is 59.6 Å². The van der Waals surface area contributed by atoms with Gasteiger partial charge in [0.25, 0.3) is 0 Å². The first-order valence-corrected chi connectivity index (χ1v) is 12.5. The van der Waals surface area contributed by atoms with Gasteiger partial charge in [-0.1, -0.05) is 50.2 Å². The zero-order chi connectivity index (χ0) is 24.9. The number of aliphatic imine (C=N–C) groups is 1. The maximum atomic E-state index is 6.67. The molecule has 3 aromatic carbocycles. The fraction of sp³-hybridized carbons (Fsp3) is 0.387. The van der Waals surface area contributed by atoms with Crippen LogP contribution in [0.2, 0.25) is 0 Å². The van der Waals surface area contributed by atoms with E-state index in [9.17, 15) is 0 Å². The van der Waals surface area contributed by atoms with Crippen LogP contribution in [0.5, 0.6) is 11.5 Å². The molecule has 0 heterocycles. The molecule has 0 radical (unpaired) electrons. The molecular formula is C31H37NO3. The monoisotopic (exact) mass is 471 g/mol. The molecule has 0 saturated heterocycles. The van der Waals surface area contributed by atoms with E-state index >= 15 is 0 Å². The minimum atomic E-state index is -0.174. The molecule has 4 heteroatoms. The SMILES string of the molecule is COC[C@H](Oc1ccc2c(c1C(C)C)C(=Nc1cc(C)c(OC)c(C)c1)CCC2)c1ccccc1. The van der Waals surface area contributed by atoms with Gasteiger partial charge in [-0.15, -0.1) is 0 Å². The van der Waals surface area contributed by atoms with E-state index in [4.69, 9.17) is 19.2 Å². The third kappa shape index (κ3) is 5.43. The molecule has 0 aromatic heterocycles. The molecule has 1 aliphatic rings. The molecule has 0 N–H and O–H groups in total. The lowest BCUT2D eigenvalue weighted by atomic mass is 9.82. The summed E-state index contributed by atoms with van der Waals surface area (Å²) in [6.45, 7) is 9.13. The van der Waals surface area contributed by atoms with Crippen LogP contribution in [-0.2, 0) is 11.2 Å². The van der Waals surface area contributed by atoms with Gasteiger partial charge in [0.1, 0.15) is 17.6 Å². The van der Waals surface area contributed by atoms with Crippen molar-refractivity contribution in [2.75, 3.05) is 20.8 Å². The topological polar surface area (TPSA) is 40.0 Å². The summed E-state index contributed by atoms with van der Waals surface area (Å²) in [6, 6.07) is 18.9. The molecule has 0 bridgehead atoms. The van der Waals surface area contributed by atoms with Crippen LogP contribution in [0.4, 0.5) is 5.69 Å². The molecule has 4 nitrogen and oxygen atoms in total. The van der Waals surface area contributed by atoms with Crippen molar-refractivity contribution in [1.29, 1.82) is 0 Å². The third-order valence-corrected chi connectivity index (χ3v) is 6.69. The highest BCUT2D eigenvalue weighted by Gasteiger charge is 2.26. The van der Waals surface area contributed by atoms with Gasteiger partial charge in [-0.05, 0) is 79.5 Å². The Morgan fingerprint density at radius 2 is 1.63 bits per heavy atom. The van der Waals surface area contributed by atoms with Crippen molar-refractivity contribution in [3.05, 3.63) is 88.0 Å². The van der Waals surface area contributed by atoms with Gasteiger partial charge in [-0.2, -0.15) is 0 Å². The molecular weight excluding hydrogens is 434 g/mol. The number of fused-ring (bicyclic) bond motifs is 1. The zero-order valence-electron chi connectivity index (χ0n) is 21.9.